The summed E-state index contributed by atoms with van der Waals surface area (Å²) >= 11 is 0. The second-order valence-electron chi connectivity index (χ2n) is 6.84. The monoisotopic (exact) mass is 410 g/mol. The molecule has 1 aliphatic rings. The van der Waals surface area contributed by atoms with E-state index in [1.165, 1.54) is 29.2 Å². The Hall–Kier alpha value is -3.72. The third-order valence-corrected chi connectivity index (χ3v) is 4.86. The van der Waals surface area contributed by atoms with Gasteiger partial charge in [0.15, 0.2) is 5.82 Å². The van der Waals surface area contributed by atoms with E-state index in [1.54, 1.807) is 6.07 Å². The maximum absolute atomic E-state index is 13.0. The molecule has 2 heterocycles. The van der Waals surface area contributed by atoms with E-state index in [-0.39, 0.29) is 18.6 Å². The molecule has 1 fully saturated rings. The standard InChI is InChI=1S/C21H19FN4O4/c22-16-7-5-15(6-8-16)20(27)23-19-11-17(24-25-19)13-1-3-14(4-2-13)18-12-26(21(28)29)9-10-30-18/h1-8,11,18H,9-10,12H2,(H,28,29)(H2,23,24,25,27)/t18-/m1/s1. The van der Waals surface area contributed by atoms with Crippen molar-refractivity contribution < 1.29 is 23.8 Å². The number of carbonyl (C=O) groups is 2. The number of anilines is 1. The van der Waals surface area contributed by atoms with Crippen molar-refractivity contribution in [2.24, 2.45) is 0 Å². The molecule has 8 nitrogen and oxygen atoms in total. The Morgan fingerprint density at radius 3 is 2.60 bits per heavy atom. The lowest BCUT2D eigenvalue weighted by Gasteiger charge is -2.31. The molecule has 0 radical (unpaired) electrons. The van der Waals surface area contributed by atoms with E-state index in [1.807, 2.05) is 24.3 Å². The van der Waals surface area contributed by atoms with Crippen LogP contribution in [0, 0.1) is 5.82 Å². The van der Waals surface area contributed by atoms with Crippen molar-refractivity contribution in [2.45, 2.75) is 6.10 Å². The maximum atomic E-state index is 13.0. The van der Waals surface area contributed by atoms with Crippen molar-refractivity contribution in [3.63, 3.8) is 0 Å². The summed E-state index contributed by atoms with van der Waals surface area (Å²) in [5.74, 6) is -0.455. The first-order chi connectivity index (χ1) is 14.5. The molecule has 0 unspecified atom stereocenters. The van der Waals surface area contributed by atoms with Crippen LogP contribution < -0.4 is 5.32 Å². The van der Waals surface area contributed by atoms with Crippen LogP contribution in [0.1, 0.15) is 22.0 Å². The van der Waals surface area contributed by atoms with Crippen LogP contribution in [0.5, 0.6) is 0 Å². The number of hydrogen-bond donors (Lipinski definition) is 3. The van der Waals surface area contributed by atoms with E-state index in [0.717, 1.165) is 11.1 Å². The Balaban J connectivity index is 1.43. The van der Waals surface area contributed by atoms with Crippen LogP contribution >= 0.6 is 0 Å². The molecule has 0 aliphatic carbocycles. The fourth-order valence-corrected chi connectivity index (χ4v) is 3.23. The van der Waals surface area contributed by atoms with Gasteiger partial charge in [0.1, 0.15) is 11.9 Å². The minimum absolute atomic E-state index is 0.290. The van der Waals surface area contributed by atoms with Crippen LogP contribution in [-0.4, -0.2) is 51.9 Å². The van der Waals surface area contributed by atoms with Crippen LogP contribution in [-0.2, 0) is 4.74 Å². The molecular weight excluding hydrogens is 391 g/mol. The average Bonchev–Trinajstić information content (AvgIpc) is 3.23. The fourth-order valence-electron chi connectivity index (χ4n) is 3.23. The number of carboxylic acid groups (broad SMARTS) is 1. The molecule has 4 rings (SSSR count). The van der Waals surface area contributed by atoms with Gasteiger partial charge in [0.05, 0.1) is 18.8 Å². The number of ether oxygens (including phenoxy) is 1. The smallest absolute Gasteiger partial charge is 0.407 e. The summed E-state index contributed by atoms with van der Waals surface area (Å²) in [6.45, 7) is 1.01. The van der Waals surface area contributed by atoms with Crippen LogP contribution in [0.3, 0.4) is 0 Å². The minimum atomic E-state index is -0.951. The van der Waals surface area contributed by atoms with E-state index in [9.17, 15) is 14.0 Å². The Kier molecular flexibility index (Phi) is 5.44. The zero-order chi connectivity index (χ0) is 21.1. The van der Waals surface area contributed by atoms with Crippen molar-refractivity contribution in [1.29, 1.82) is 0 Å². The second-order valence-corrected chi connectivity index (χ2v) is 6.84. The van der Waals surface area contributed by atoms with Crippen molar-refractivity contribution in [3.8, 4) is 11.3 Å². The predicted molar refractivity (Wildman–Crippen MR) is 107 cm³/mol. The second kappa shape index (κ2) is 8.34. The molecule has 30 heavy (non-hydrogen) atoms. The van der Waals surface area contributed by atoms with Crippen LogP contribution in [0.2, 0.25) is 0 Å². The minimum Gasteiger partial charge on any atom is -0.465 e. The van der Waals surface area contributed by atoms with Gasteiger partial charge in [0, 0.05) is 18.2 Å². The quantitative estimate of drug-likeness (QED) is 0.610. The molecule has 0 bridgehead atoms. The first-order valence-electron chi connectivity index (χ1n) is 9.32. The summed E-state index contributed by atoms with van der Waals surface area (Å²) in [5.41, 5.74) is 2.76. The Bertz CT molecular complexity index is 1050. The van der Waals surface area contributed by atoms with Crippen molar-refractivity contribution in [1.82, 2.24) is 15.1 Å². The molecular formula is C21H19FN4O4. The first-order valence-corrected chi connectivity index (χ1v) is 9.32. The predicted octanol–water partition coefficient (Wildman–Crippen LogP) is 3.52. The van der Waals surface area contributed by atoms with Crippen LogP contribution in [0.15, 0.2) is 54.6 Å². The molecule has 0 saturated carbocycles. The fraction of sp³-hybridized carbons (Fsp3) is 0.190. The molecule has 154 valence electrons. The summed E-state index contributed by atoms with van der Waals surface area (Å²) in [6, 6.07) is 14.4. The molecule has 0 spiro atoms. The van der Waals surface area contributed by atoms with Gasteiger partial charge in [-0.3, -0.25) is 9.89 Å². The number of halogens is 1. The number of benzene rings is 2. The summed E-state index contributed by atoms with van der Waals surface area (Å²) < 4.78 is 18.7. The highest BCUT2D eigenvalue weighted by Gasteiger charge is 2.25. The van der Waals surface area contributed by atoms with Gasteiger partial charge >= 0.3 is 6.09 Å². The molecule has 3 N–H and O–H groups in total. The van der Waals surface area contributed by atoms with Gasteiger partial charge in [-0.25, -0.2) is 9.18 Å². The van der Waals surface area contributed by atoms with Gasteiger partial charge in [-0.2, -0.15) is 5.10 Å². The van der Waals surface area contributed by atoms with Crippen LogP contribution in [0.25, 0.3) is 11.3 Å². The number of nitrogens with zero attached hydrogens (tertiary/aromatic N) is 2. The summed E-state index contributed by atoms with van der Waals surface area (Å²) in [5, 5.41) is 18.8. The third kappa shape index (κ3) is 4.31. The highest BCUT2D eigenvalue weighted by molar-refractivity contribution is 6.03. The lowest BCUT2D eigenvalue weighted by atomic mass is 10.0. The molecule has 9 heteroatoms. The number of nitrogens with one attached hydrogen (secondary N) is 2. The molecule has 3 aromatic rings. The number of H-pyrrole nitrogens is 1. The van der Waals surface area contributed by atoms with Gasteiger partial charge < -0.3 is 20.1 Å². The van der Waals surface area contributed by atoms with Crippen molar-refractivity contribution in [3.05, 3.63) is 71.5 Å². The normalized spacial score (nSPS) is 16.3. The number of rotatable bonds is 4. The highest BCUT2D eigenvalue weighted by atomic mass is 19.1. The number of hydrogen-bond acceptors (Lipinski definition) is 4. The maximum Gasteiger partial charge on any atom is 0.407 e. The molecule has 2 aromatic carbocycles. The number of aromatic nitrogens is 2. The average molecular weight is 410 g/mol. The van der Waals surface area contributed by atoms with Gasteiger partial charge in [-0.1, -0.05) is 24.3 Å². The van der Waals surface area contributed by atoms with Gasteiger partial charge in [0.25, 0.3) is 5.91 Å². The number of aromatic amines is 1. The van der Waals surface area contributed by atoms with E-state index in [0.29, 0.717) is 30.2 Å². The third-order valence-electron chi connectivity index (χ3n) is 4.86. The van der Waals surface area contributed by atoms with E-state index in [2.05, 4.69) is 15.5 Å². The van der Waals surface area contributed by atoms with Gasteiger partial charge in [-0.15, -0.1) is 0 Å². The summed E-state index contributed by atoms with van der Waals surface area (Å²) in [7, 11) is 0. The van der Waals surface area contributed by atoms with E-state index >= 15 is 0 Å². The summed E-state index contributed by atoms with van der Waals surface area (Å²) in [6.07, 6.45) is -1.26. The van der Waals surface area contributed by atoms with Gasteiger partial charge in [-0.05, 0) is 35.4 Å². The zero-order valence-electron chi connectivity index (χ0n) is 15.8. The SMILES string of the molecule is O=C(Nc1cc(-c2ccc([C@H]3CN(C(=O)O)CCO3)cc2)[nH]n1)c1ccc(F)cc1. The largest absolute Gasteiger partial charge is 0.465 e. The molecule has 2 amide bonds. The number of amides is 2. The topological polar surface area (TPSA) is 108 Å². The Labute approximate surface area is 171 Å². The van der Waals surface area contributed by atoms with E-state index < -0.39 is 11.9 Å². The first kappa shape index (κ1) is 19.6. The molecule has 1 saturated heterocycles. The molecule has 1 aliphatic heterocycles. The van der Waals surface area contributed by atoms with E-state index in [4.69, 9.17) is 9.84 Å². The Morgan fingerprint density at radius 1 is 1.17 bits per heavy atom. The van der Waals surface area contributed by atoms with Crippen molar-refractivity contribution in [2.75, 3.05) is 25.0 Å². The number of morpholine rings is 1. The zero-order valence-corrected chi connectivity index (χ0v) is 15.8. The lowest BCUT2D eigenvalue weighted by molar-refractivity contribution is -0.0231. The molecule has 1 atom stereocenters. The molecule has 1 aromatic heterocycles. The summed E-state index contributed by atoms with van der Waals surface area (Å²) in [4.78, 5) is 24.7. The van der Waals surface area contributed by atoms with Crippen LogP contribution in [0.4, 0.5) is 15.0 Å². The number of carbonyl (C=O) groups excluding carboxylic acids is 1. The van der Waals surface area contributed by atoms with Gasteiger partial charge in [0.2, 0.25) is 0 Å². The lowest BCUT2D eigenvalue weighted by Crippen LogP contribution is -2.41. The van der Waals surface area contributed by atoms with Crippen molar-refractivity contribution >= 4 is 17.8 Å². The highest BCUT2D eigenvalue weighted by Crippen LogP contribution is 2.26. The Morgan fingerprint density at radius 2 is 1.90 bits per heavy atom.